The van der Waals surface area contributed by atoms with Gasteiger partial charge in [0.05, 0.1) is 20.1 Å². The molecule has 1 amide bonds. The van der Waals surface area contributed by atoms with Crippen molar-refractivity contribution >= 4 is 16.1 Å². The second kappa shape index (κ2) is 11.2. The van der Waals surface area contributed by atoms with Crippen molar-refractivity contribution in [3.05, 3.63) is 23.8 Å². The van der Waals surface area contributed by atoms with E-state index < -0.39 is 10.2 Å². The van der Waals surface area contributed by atoms with Crippen molar-refractivity contribution in [2.75, 3.05) is 46.9 Å². The highest BCUT2D eigenvalue weighted by atomic mass is 32.2. The van der Waals surface area contributed by atoms with Gasteiger partial charge in [-0.2, -0.15) is 17.0 Å². The van der Waals surface area contributed by atoms with Gasteiger partial charge < -0.3 is 14.8 Å². The molecule has 1 aromatic rings. The Balaban J connectivity index is 1.52. The maximum atomic E-state index is 13.1. The van der Waals surface area contributed by atoms with Crippen LogP contribution < -0.4 is 14.8 Å². The third-order valence-electron chi connectivity index (χ3n) is 6.13. The number of hydrogen-bond acceptors (Lipinski definition) is 5. The number of methoxy groups -OCH3 is 2. The van der Waals surface area contributed by atoms with Crippen LogP contribution in [0.2, 0.25) is 0 Å². The SMILES string of the molecule is COc1ccc(CCNC(=O)[C@H]2CCCN(S(=O)(=O)N3CCCCCC3)C2)cc1OC. The second-order valence-corrected chi connectivity index (χ2v) is 10.2. The summed E-state index contributed by atoms with van der Waals surface area (Å²) in [5, 5.41) is 2.98. The number of nitrogens with one attached hydrogen (secondary N) is 1. The van der Waals surface area contributed by atoms with Gasteiger partial charge in [-0.25, -0.2) is 0 Å². The van der Waals surface area contributed by atoms with Crippen LogP contribution in [-0.2, 0) is 21.4 Å². The first-order valence-corrected chi connectivity index (χ1v) is 12.6. The number of ether oxygens (including phenoxy) is 2. The molecule has 1 atom stereocenters. The normalized spacial score (nSPS) is 21.3. The summed E-state index contributed by atoms with van der Waals surface area (Å²) < 4.78 is 39.8. The van der Waals surface area contributed by atoms with Crippen LogP contribution in [0.5, 0.6) is 11.5 Å². The Bertz CT molecular complexity index is 838. The molecule has 0 aromatic heterocycles. The molecule has 2 aliphatic heterocycles. The van der Waals surface area contributed by atoms with Crippen molar-refractivity contribution < 1.29 is 22.7 Å². The summed E-state index contributed by atoms with van der Waals surface area (Å²) in [5.74, 6) is 0.952. The summed E-state index contributed by atoms with van der Waals surface area (Å²) in [6.45, 7) is 2.42. The summed E-state index contributed by atoms with van der Waals surface area (Å²) in [6, 6.07) is 5.70. The summed E-state index contributed by atoms with van der Waals surface area (Å²) in [5.41, 5.74) is 1.03. The average molecular weight is 454 g/mol. The summed E-state index contributed by atoms with van der Waals surface area (Å²) >= 11 is 0. The first kappa shape index (κ1) is 23.8. The molecule has 0 aliphatic carbocycles. The Morgan fingerprint density at radius 3 is 2.35 bits per heavy atom. The van der Waals surface area contributed by atoms with E-state index in [0.717, 1.165) is 31.2 Å². The minimum Gasteiger partial charge on any atom is -0.493 e. The summed E-state index contributed by atoms with van der Waals surface area (Å²) in [4.78, 5) is 12.7. The number of amides is 1. The van der Waals surface area contributed by atoms with Crippen LogP contribution in [0.1, 0.15) is 44.1 Å². The molecule has 2 fully saturated rings. The Hall–Kier alpha value is -1.84. The zero-order valence-corrected chi connectivity index (χ0v) is 19.5. The number of piperidine rings is 1. The van der Waals surface area contributed by atoms with Crippen molar-refractivity contribution in [1.82, 2.24) is 13.9 Å². The Morgan fingerprint density at radius 2 is 1.68 bits per heavy atom. The van der Waals surface area contributed by atoms with Gasteiger partial charge in [0.2, 0.25) is 5.91 Å². The highest BCUT2D eigenvalue weighted by Gasteiger charge is 2.35. The fourth-order valence-corrected chi connectivity index (χ4v) is 6.09. The minimum atomic E-state index is -3.49. The molecule has 0 unspecified atom stereocenters. The van der Waals surface area contributed by atoms with Gasteiger partial charge in [-0.05, 0) is 49.8 Å². The van der Waals surface area contributed by atoms with Crippen LogP contribution in [0, 0.1) is 5.92 Å². The molecule has 0 spiro atoms. The zero-order chi connectivity index (χ0) is 22.3. The maximum absolute atomic E-state index is 13.1. The molecule has 2 aliphatic rings. The Labute approximate surface area is 186 Å². The minimum absolute atomic E-state index is 0.0729. The van der Waals surface area contributed by atoms with Crippen molar-refractivity contribution in [1.29, 1.82) is 0 Å². The number of nitrogens with zero attached hydrogens (tertiary/aromatic N) is 2. The van der Waals surface area contributed by atoms with Gasteiger partial charge in [-0.3, -0.25) is 4.79 Å². The quantitative estimate of drug-likeness (QED) is 0.652. The topological polar surface area (TPSA) is 88.2 Å². The Morgan fingerprint density at radius 1 is 1.00 bits per heavy atom. The largest absolute Gasteiger partial charge is 0.493 e. The molecular formula is C22H35N3O5S. The molecular weight excluding hydrogens is 418 g/mol. The van der Waals surface area contributed by atoms with Gasteiger partial charge in [0.25, 0.3) is 10.2 Å². The highest BCUT2D eigenvalue weighted by molar-refractivity contribution is 7.86. The van der Waals surface area contributed by atoms with Crippen LogP contribution in [0.15, 0.2) is 18.2 Å². The maximum Gasteiger partial charge on any atom is 0.281 e. The fourth-order valence-electron chi connectivity index (χ4n) is 4.31. The van der Waals surface area contributed by atoms with Crippen LogP contribution in [-0.4, -0.2) is 69.9 Å². The molecule has 0 saturated carbocycles. The van der Waals surface area contributed by atoms with E-state index in [1.165, 1.54) is 4.31 Å². The van der Waals surface area contributed by atoms with Gasteiger partial charge in [0.15, 0.2) is 11.5 Å². The first-order valence-electron chi connectivity index (χ1n) is 11.2. The molecule has 3 rings (SSSR count). The predicted octanol–water partition coefficient (Wildman–Crippen LogP) is 2.20. The molecule has 8 nitrogen and oxygen atoms in total. The number of hydrogen-bond donors (Lipinski definition) is 1. The van der Waals surface area contributed by atoms with E-state index in [-0.39, 0.29) is 18.4 Å². The van der Waals surface area contributed by atoms with Crippen molar-refractivity contribution in [3.63, 3.8) is 0 Å². The fraction of sp³-hybridized carbons (Fsp3) is 0.682. The molecule has 31 heavy (non-hydrogen) atoms. The van der Waals surface area contributed by atoms with Crippen molar-refractivity contribution in [2.45, 2.75) is 44.9 Å². The number of rotatable bonds is 8. The predicted molar refractivity (Wildman–Crippen MR) is 120 cm³/mol. The molecule has 2 saturated heterocycles. The third kappa shape index (κ3) is 6.11. The van der Waals surface area contributed by atoms with E-state index in [1.54, 1.807) is 18.5 Å². The lowest BCUT2D eigenvalue weighted by molar-refractivity contribution is -0.126. The molecule has 174 valence electrons. The van der Waals surface area contributed by atoms with E-state index in [4.69, 9.17) is 9.47 Å². The van der Waals surface area contributed by atoms with E-state index in [0.29, 0.717) is 56.9 Å². The van der Waals surface area contributed by atoms with Crippen molar-refractivity contribution in [3.8, 4) is 11.5 Å². The number of carbonyl (C=O) groups is 1. The van der Waals surface area contributed by atoms with Crippen LogP contribution >= 0.6 is 0 Å². The molecule has 1 N–H and O–H groups in total. The average Bonchev–Trinajstić information content (AvgIpc) is 3.09. The summed E-state index contributed by atoms with van der Waals surface area (Å²) in [7, 11) is -0.301. The van der Waals surface area contributed by atoms with Gasteiger partial charge in [-0.1, -0.05) is 18.9 Å². The molecule has 0 radical (unpaired) electrons. The zero-order valence-electron chi connectivity index (χ0n) is 18.6. The van der Waals surface area contributed by atoms with Gasteiger partial charge >= 0.3 is 0 Å². The van der Waals surface area contributed by atoms with Crippen LogP contribution in [0.4, 0.5) is 0 Å². The monoisotopic (exact) mass is 453 g/mol. The molecule has 1 aromatic carbocycles. The number of carbonyl (C=O) groups excluding carboxylic acids is 1. The van der Waals surface area contributed by atoms with Crippen LogP contribution in [0.3, 0.4) is 0 Å². The first-order chi connectivity index (χ1) is 15.0. The Kier molecular flexibility index (Phi) is 8.57. The van der Waals surface area contributed by atoms with Gasteiger partial charge in [-0.15, -0.1) is 0 Å². The molecule has 9 heteroatoms. The smallest absolute Gasteiger partial charge is 0.281 e. The van der Waals surface area contributed by atoms with E-state index >= 15 is 0 Å². The lowest BCUT2D eigenvalue weighted by Crippen LogP contribution is -2.50. The molecule has 0 bridgehead atoms. The van der Waals surface area contributed by atoms with Crippen LogP contribution in [0.25, 0.3) is 0 Å². The van der Waals surface area contributed by atoms with Gasteiger partial charge in [0, 0.05) is 32.7 Å². The third-order valence-corrected chi connectivity index (χ3v) is 8.14. The highest BCUT2D eigenvalue weighted by Crippen LogP contribution is 2.28. The summed E-state index contributed by atoms with van der Waals surface area (Å²) in [6.07, 6.45) is 6.07. The lowest BCUT2D eigenvalue weighted by atomic mass is 9.99. The van der Waals surface area contributed by atoms with E-state index in [9.17, 15) is 13.2 Å². The molecule has 2 heterocycles. The van der Waals surface area contributed by atoms with E-state index in [1.807, 2.05) is 18.2 Å². The second-order valence-electron chi connectivity index (χ2n) is 8.25. The standard InChI is InChI=1S/C22H35N3O5S/c1-29-20-10-9-18(16-21(20)30-2)11-12-23-22(26)19-8-7-15-25(17-19)31(27,28)24-13-5-3-4-6-14-24/h9-10,16,19H,3-8,11-15,17H2,1-2H3,(H,23,26)/t19-/m0/s1. The van der Waals surface area contributed by atoms with E-state index in [2.05, 4.69) is 5.32 Å². The van der Waals surface area contributed by atoms with Crippen molar-refractivity contribution in [2.24, 2.45) is 5.92 Å². The van der Waals surface area contributed by atoms with Gasteiger partial charge in [0.1, 0.15) is 0 Å². The number of benzene rings is 1. The lowest BCUT2D eigenvalue weighted by Gasteiger charge is -2.34.